The molecule has 0 spiro atoms. The Bertz CT molecular complexity index is 660. The molecular weight excluding hydrogens is 312 g/mol. The number of rotatable bonds is 2. The number of hydrogen-bond donors (Lipinski definition) is 0. The van der Waals surface area contributed by atoms with Gasteiger partial charge in [-0.2, -0.15) is 0 Å². The van der Waals surface area contributed by atoms with Crippen molar-refractivity contribution in [2.75, 3.05) is 13.1 Å². The molecular formula is C21H30N2O2. The number of carbonyl (C=O) groups is 1. The van der Waals surface area contributed by atoms with E-state index in [-0.39, 0.29) is 23.7 Å². The number of likely N-dealkylation sites (tertiary alicyclic amines) is 1. The van der Waals surface area contributed by atoms with Gasteiger partial charge in [0, 0.05) is 30.7 Å². The molecule has 1 aromatic carbocycles. The first-order valence-corrected chi connectivity index (χ1v) is 9.09. The van der Waals surface area contributed by atoms with Crippen molar-refractivity contribution in [3.63, 3.8) is 0 Å². The predicted molar refractivity (Wildman–Crippen MR) is 100 cm³/mol. The smallest absolute Gasteiger partial charge is 0.410 e. The molecule has 2 saturated heterocycles. The lowest BCUT2D eigenvalue weighted by Gasteiger charge is -2.49. The first kappa shape index (κ1) is 18.0. The van der Waals surface area contributed by atoms with Crippen molar-refractivity contribution < 1.29 is 9.53 Å². The fraction of sp³-hybridized carbons (Fsp3) is 0.571. The van der Waals surface area contributed by atoms with Crippen LogP contribution in [0.15, 0.2) is 42.5 Å². The van der Waals surface area contributed by atoms with Crippen molar-refractivity contribution in [2.45, 2.75) is 64.3 Å². The molecule has 2 fully saturated rings. The Morgan fingerprint density at radius 1 is 1.12 bits per heavy atom. The standard InChI is InChI=1S/C21H30N2O2/c1-15-12-17-13-22(19(24)25-20(2,3)4)14-18(15)23(17)21(5,6)16-10-8-7-9-11-16/h7-11,17-18H,1,12-14H2,2-6H3. The van der Waals surface area contributed by atoms with Crippen molar-refractivity contribution >= 4 is 6.09 Å². The summed E-state index contributed by atoms with van der Waals surface area (Å²) in [6, 6.07) is 11.1. The molecule has 25 heavy (non-hydrogen) atoms. The molecule has 0 radical (unpaired) electrons. The summed E-state index contributed by atoms with van der Waals surface area (Å²) in [5.74, 6) is 0. The molecule has 2 aliphatic heterocycles. The van der Waals surface area contributed by atoms with Gasteiger partial charge in [-0.15, -0.1) is 0 Å². The largest absolute Gasteiger partial charge is 0.444 e. The summed E-state index contributed by atoms with van der Waals surface area (Å²) in [6.45, 7) is 15.9. The highest BCUT2D eigenvalue weighted by Crippen LogP contribution is 2.43. The van der Waals surface area contributed by atoms with Crippen LogP contribution in [0, 0.1) is 0 Å². The van der Waals surface area contributed by atoms with E-state index in [4.69, 9.17) is 4.74 Å². The average molecular weight is 342 g/mol. The minimum Gasteiger partial charge on any atom is -0.444 e. The zero-order valence-corrected chi connectivity index (χ0v) is 16.1. The Morgan fingerprint density at radius 2 is 1.76 bits per heavy atom. The number of amides is 1. The third-order valence-corrected chi connectivity index (χ3v) is 5.30. The fourth-order valence-corrected chi connectivity index (χ4v) is 4.21. The van der Waals surface area contributed by atoms with Gasteiger partial charge in [-0.25, -0.2) is 4.79 Å². The fourth-order valence-electron chi connectivity index (χ4n) is 4.21. The SMILES string of the molecule is C=C1CC2CN(C(=O)OC(C)(C)C)CC1N2C(C)(C)c1ccccc1. The number of hydrogen-bond acceptors (Lipinski definition) is 3. The molecule has 0 aliphatic carbocycles. The van der Waals surface area contributed by atoms with E-state index < -0.39 is 5.60 Å². The number of nitrogens with zero attached hydrogens (tertiary/aromatic N) is 2. The first-order valence-electron chi connectivity index (χ1n) is 9.09. The van der Waals surface area contributed by atoms with Crippen molar-refractivity contribution in [2.24, 2.45) is 0 Å². The summed E-state index contributed by atoms with van der Waals surface area (Å²) in [5.41, 5.74) is 1.95. The molecule has 4 heteroatoms. The predicted octanol–water partition coefficient (Wildman–Crippen LogP) is 4.17. The van der Waals surface area contributed by atoms with Crippen LogP contribution >= 0.6 is 0 Å². The van der Waals surface area contributed by atoms with Crippen LogP contribution in [0.3, 0.4) is 0 Å². The molecule has 2 atom stereocenters. The third kappa shape index (κ3) is 3.45. The van der Waals surface area contributed by atoms with Gasteiger partial charge in [0.25, 0.3) is 0 Å². The Morgan fingerprint density at radius 3 is 2.32 bits per heavy atom. The molecule has 3 rings (SSSR count). The average Bonchev–Trinajstić information content (AvgIpc) is 2.73. The lowest BCUT2D eigenvalue weighted by molar-refractivity contribution is -0.0244. The molecule has 2 bridgehead atoms. The van der Waals surface area contributed by atoms with Crippen LogP contribution in [0.5, 0.6) is 0 Å². The van der Waals surface area contributed by atoms with E-state index in [1.807, 2.05) is 31.7 Å². The van der Waals surface area contributed by atoms with Crippen LogP contribution in [0.1, 0.15) is 46.6 Å². The van der Waals surface area contributed by atoms with Crippen molar-refractivity contribution in [3.8, 4) is 0 Å². The van der Waals surface area contributed by atoms with Crippen LogP contribution in [-0.4, -0.2) is 46.7 Å². The second-order valence-corrected chi connectivity index (χ2v) is 8.75. The van der Waals surface area contributed by atoms with E-state index in [1.165, 1.54) is 11.1 Å². The van der Waals surface area contributed by atoms with Crippen LogP contribution in [-0.2, 0) is 10.3 Å². The lowest BCUT2D eigenvalue weighted by atomic mass is 9.89. The molecule has 2 aliphatic rings. The zero-order chi connectivity index (χ0) is 18.4. The van der Waals surface area contributed by atoms with E-state index in [0.717, 1.165) is 6.42 Å². The molecule has 4 nitrogen and oxygen atoms in total. The number of benzene rings is 1. The van der Waals surface area contributed by atoms with E-state index >= 15 is 0 Å². The highest BCUT2D eigenvalue weighted by Gasteiger charge is 2.50. The van der Waals surface area contributed by atoms with E-state index in [2.05, 4.69) is 49.6 Å². The van der Waals surface area contributed by atoms with E-state index in [1.54, 1.807) is 0 Å². The van der Waals surface area contributed by atoms with Gasteiger partial charge in [0.05, 0.1) is 0 Å². The summed E-state index contributed by atoms with van der Waals surface area (Å²) < 4.78 is 5.58. The van der Waals surface area contributed by atoms with Crippen molar-refractivity contribution in [1.29, 1.82) is 0 Å². The summed E-state index contributed by atoms with van der Waals surface area (Å²) in [6.07, 6.45) is 0.731. The molecule has 2 unspecified atom stereocenters. The van der Waals surface area contributed by atoms with E-state index in [9.17, 15) is 4.79 Å². The number of fused-ring (bicyclic) bond motifs is 2. The summed E-state index contributed by atoms with van der Waals surface area (Å²) in [7, 11) is 0. The van der Waals surface area contributed by atoms with E-state index in [0.29, 0.717) is 13.1 Å². The first-order chi connectivity index (χ1) is 11.6. The Balaban J connectivity index is 1.82. The van der Waals surface area contributed by atoms with Gasteiger partial charge in [0.15, 0.2) is 0 Å². The molecule has 1 amide bonds. The Labute approximate surface area is 151 Å². The number of ether oxygens (including phenoxy) is 1. The lowest BCUT2D eigenvalue weighted by Crippen LogP contribution is -2.61. The molecule has 136 valence electrons. The summed E-state index contributed by atoms with van der Waals surface area (Å²) in [4.78, 5) is 16.9. The Kier molecular flexibility index (Phi) is 4.44. The van der Waals surface area contributed by atoms with Gasteiger partial charge in [-0.05, 0) is 46.6 Å². The molecule has 0 aromatic heterocycles. The zero-order valence-electron chi connectivity index (χ0n) is 16.1. The monoisotopic (exact) mass is 342 g/mol. The second-order valence-electron chi connectivity index (χ2n) is 8.75. The maximum Gasteiger partial charge on any atom is 0.410 e. The van der Waals surface area contributed by atoms with Gasteiger partial charge in [-0.3, -0.25) is 4.90 Å². The molecule has 2 heterocycles. The highest BCUT2D eigenvalue weighted by molar-refractivity contribution is 5.68. The second kappa shape index (κ2) is 6.17. The van der Waals surface area contributed by atoms with Gasteiger partial charge < -0.3 is 9.64 Å². The van der Waals surface area contributed by atoms with Gasteiger partial charge in [-0.1, -0.05) is 42.5 Å². The quantitative estimate of drug-likeness (QED) is 0.756. The molecule has 0 N–H and O–H groups in total. The van der Waals surface area contributed by atoms with Crippen molar-refractivity contribution in [1.82, 2.24) is 9.80 Å². The highest BCUT2D eigenvalue weighted by atomic mass is 16.6. The summed E-state index contributed by atoms with van der Waals surface area (Å²) >= 11 is 0. The molecule has 0 saturated carbocycles. The Hall–Kier alpha value is -1.81. The third-order valence-electron chi connectivity index (χ3n) is 5.30. The van der Waals surface area contributed by atoms with Gasteiger partial charge in [0.1, 0.15) is 5.60 Å². The van der Waals surface area contributed by atoms with Crippen molar-refractivity contribution in [3.05, 3.63) is 48.0 Å². The minimum atomic E-state index is -0.465. The number of piperazine rings is 1. The van der Waals surface area contributed by atoms with Gasteiger partial charge in [0.2, 0.25) is 0 Å². The summed E-state index contributed by atoms with van der Waals surface area (Å²) in [5, 5.41) is 0. The normalized spacial score (nSPS) is 24.5. The minimum absolute atomic E-state index is 0.101. The topological polar surface area (TPSA) is 32.8 Å². The molecule has 1 aromatic rings. The van der Waals surface area contributed by atoms with Crippen LogP contribution in [0.4, 0.5) is 4.79 Å². The maximum absolute atomic E-state index is 12.5. The number of carbonyl (C=O) groups excluding carboxylic acids is 1. The van der Waals surface area contributed by atoms with Crippen LogP contribution < -0.4 is 0 Å². The van der Waals surface area contributed by atoms with Crippen LogP contribution in [0.2, 0.25) is 0 Å². The maximum atomic E-state index is 12.5. The van der Waals surface area contributed by atoms with Crippen LogP contribution in [0.25, 0.3) is 0 Å². The van der Waals surface area contributed by atoms with Gasteiger partial charge >= 0.3 is 6.09 Å².